The van der Waals surface area contributed by atoms with Gasteiger partial charge in [-0.1, -0.05) is 17.7 Å². The van der Waals surface area contributed by atoms with Crippen molar-refractivity contribution in [1.29, 1.82) is 0 Å². The molecule has 0 saturated carbocycles. The Morgan fingerprint density at radius 2 is 2.22 bits per heavy atom. The molecule has 0 aliphatic rings. The fourth-order valence-corrected chi connectivity index (χ4v) is 2.01. The number of halogens is 1. The Labute approximate surface area is 112 Å². The van der Waals surface area contributed by atoms with E-state index in [0.717, 1.165) is 17.9 Å². The number of nitrogens with one attached hydrogen (secondary N) is 1. The zero-order valence-electron chi connectivity index (χ0n) is 10.4. The molecule has 0 bridgehead atoms. The van der Waals surface area contributed by atoms with Gasteiger partial charge >= 0.3 is 0 Å². The minimum atomic E-state index is 0.167. The molecule has 4 heteroatoms. The van der Waals surface area contributed by atoms with Crippen LogP contribution in [0.25, 0.3) is 0 Å². The van der Waals surface area contributed by atoms with Gasteiger partial charge in [0, 0.05) is 6.54 Å². The standard InChI is InChI=1S/C14H16ClNO2/c1-10(13-4-3-7-18-13)16-9-11-5-6-14(17-2)12(15)8-11/h3-8,10,16H,9H2,1-2H3. The van der Waals surface area contributed by atoms with E-state index < -0.39 is 0 Å². The summed E-state index contributed by atoms with van der Waals surface area (Å²) in [5.74, 6) is 1.62. The van der Waals surface area contributed by atoms with Crippen LogP contribution in [0.15, 0.2) is 41.0 Å². The first kappa shape index (κ1) is 13.0. The van der Waals surface area contributed by atoms with Gasteiger partial charge in [0.15, 0.2) is 0 Å². The summed E-state index contributed by atoms with van der Waals surface area (Å²) in [5, 5.41) is 4.00. The number of ether oxygens (including phenoxy) is 1. The van der Waals surface area contributed by atoms with Gasteiger partial charge in [0.1, 0.15) is 11.5 Å². The Morgan fingerprint density at radius 3 is 2.83 bits per heavy atom. The van der Waals surface area contributed by atoms with E-state index in [1.54, 1.807) is 13.4 Å². The van der Waals surface area contributed by atoms with Crippen LogP contribution < -0.4 is 10.1 Å². The molecule has 2 rings (SSSR count). The number of rotatable bonds is 5. The number of hydrogen-bond acceptors (Lipinski definition) is 3. The summed E-state index contributed by atoms with van der Waals surface area (Å²) in [5.41, 5.74) is 1.11. The summed E-state index contributed by atoms with van der Waals surface area (Å²) >= 11 is 6.07. The van der Waals surface area contributed by atoms with Gasteiger partial charge in [0.25, 0.3) is 0 Å². The molecule has 0 spiro atoms. The molecule has 18 heavy (non-hydrogen) atoms. The number of benzene rings is 1. The quantitative estimate of drug-likeness (QED) is 0.893. The van der Waals surface area contributed by atoms with Crippen LogP contribution in [-0.4, -0.2) is 7.11 Å². The molecule has 1 unspecified atom stereocenters. The highest BCUT2D eigenvalue weighted by molar-refractivity contribution is 6.32. The molecule has 2 aromatic rings. The first-order valence-electron chi connectivity index (χ1n) is 5.80. The van der Waals surface area contributed by atoms with Crippen LogP contribution in [0.4, 0.5) is 0 Å². The average Bonchev–Trinajstić information content (AvgIpc) is 2.90. The van der Waals surface area contributed by atoms with Gasteiger partial charge in [-0.05, 0) is 36.8 Å². The zero-order chi connectivity index (χ0) is 13.0. The van der Waals surface area contributed by atoms with Crippen LogP contribution in [0.1, 0.15) is 24.3 Å². The van der Waals surface area contributed by atoms with Gasteiger partial charge in [0.05, 0.1) is 24.4 Å². The predicted octanol–water partition coefficient (Wildman–Crippen LogP) is 3.79. The van der Waals surface area contributed by atoms with Crippen molar-refractivity contribution in [1.82, 2.24) is 5.32 Å². The normalized spacial score (nSPS) is 12.4. The molecule has 1 atom stereocenters. The maximum Gasteiger partial charge on any atom is 0.137 e. The van der Waals surface area contributed by atoms with Crippen molar-refractivity contribution in [3.05, 3.63) is 52.9 Å². The van der Waals surface area contributed by atoms with Gasteiger partial charge in [-0.2, -0.15) is 0 Å². The largest absolute Gasteiger partial charge is 0.495 e. The number of hydrogen-bond donors (Lipinski definition) is 1. The topological polar surface area (TPSA) is 34.4 Å². The molecule has 1 N–H and O–H groups in total. The van der Waals surface area contributed by atoms with E-state index in [1.165, 1.54) is 0 Å². The van der Waals surface area contributed by atoms with E-state index in [1.807, 2.05) is 30.3 Å². The second kappa shape index (κ2) is 5.94. The molecular formula is C14H16ClNO2. The maximum absolute atomic E-state index is 6.07. The lowest BCUT2D eigenvalue weighted by atomic mass is 10.2. The SMILES string of the molecule is COc1ccc(CNC(C)c2ccco2)cc1Cl. The smallest absolute Gasteiger partial charge is 0.137 e. The molecule has 0 aliphatic heterocycles. The Balaban J connectivity index is 1.96. The molecule has 96 valence electrons. The number of furan rings is 1. The Bertz CT molecular complexity index is 497. The molecule has 3 nitrogen and oxygen atoms in total. The molecule has 0 fully saturated rings. The third kappa shape index (κ3) is 3.06. The molecular weight excluding hydrogens is 250 g/mol. The average molecular weight is 266 g/mol. The van der Waals surface area contributed by atoms with Crippen molar-refractivity contribution in [2.24, 2.45) is 0 Å². The van der Waals surface area contributed by atoms with E-state index in [-0.39, 0.29) is 6.04 Å². The third-order valence-electron chi connectivity index (χ3n) is 2.80. The monoisotopic (exact) mass is 265 g/mol. The maximum atomic E-state index is 6.07. The van der Waals surface area contributed by atoms with Crippen molar-refractivity contribution >= 4 is 11.6 Å². The highest BCUT2D eigenvalue weighted by Gasteiger charge is 2.08. The first-order chi connectivity index (χ1) is 8.70. The van der Waals surface area contributed by atoms with E-state index in [9.17, 15) is 0 Å². The summed E-state index contributed by atoms with van der Waals surface area (Å²) in [6.45, 7) is 2.79. The summed E-state index contributed by atoms with van der Waals surface area (Å²) in [7, 11) is 1.61. The van der Waals surface area contributed by atoms with E-state index >= 15 is 0 Å². The molecule has 0 radical (unpaired) electrons. The van der Waals surface area contributed by atoms with Crippen molar-refractivity contribution < 1.29 is 9.15 Å². The molecule has 1 aromatic heterocycles. The van der Waals surface area contributed by atoms with Gasteiger partial charge in [-0.15, -0.1) is 0 Å². The lowest BCUT2D eigenvalue weighted by Crippen LogP contribution is -2.17. The zero-order valence-corrected chi connectivity index (χ0v) is 11.2. The van der Waals surface area contributed by atoms with Crippen molar-refractivity contribution in [2.75, 3.05) is 7.11 Å². The van der Waals surface area contributed by atoms with Crippen LogP contribution >= 0.6 is 11.6 Å². The van der Waals surface area contributed by atoms with Crippen LogP contribution in [0, 0.1) is 0 Å². The van der Waals surface area contributed by atoms with Crippen LogP contribution in [0.2, 0.25) is 5.02 Å². The van der Waals surface area contributed by atoms with E-state index in [0.29, 0.717) is 10.8 Å². The van der Waals surface area contributed by atoms with Crippen molar-refractivity contribution in [2.45, 2.75) is 19.5 Å². The Morgan fingerprint density at radius 1 is 1.39 bits per heavy atom. The van der Waals surface area contributed by atoms with Crippen molar-refractivity contribution in [3.63, 3.8) is 0 Å². The molecule has 0 saturated heterocycles. The van der Waals surface area contributed by atoms with Crippen LogP contribution in [0.5, 0.6) is 5.75 Å². The highest BCUT2D eigenvalue weighted by atomic mass is 35.5. The Kier molecular flexibility index (Phi) is 4.28. The summed E-state index contributed by atoms with van der Waals surface area (Å²) in [6.07, 6.45) is 1.68. The van der Waals surface area contributed by atoms with Gasteiger partial charge in [-0.25, -0.2) is 0 Å². The van der Waals surface area contributed by atoms with E-state index in [4.69, 9.17) is 20.8 Å². The van der Waals surface area contributed by atoms with Gasteiger partial charge in [0.2, 0.25) is 0 Å². The predicted molar refractivity (Wildman–Crippen MR) is 72.0 cm³/mol. The van der Waals surface area contributed by atoms with Gasteiger partial charge in [-0.3, -0.25) is 0 Å². The van der Waals surface area contributed by atoms with Crippen molar-refractivity contribution in [3.8, 4) is 5.75 Å². The molecule has 1 aromatic carbocycles. The Hall–Kier alpha value is -1.45. The fraction of sp³-hybridized carbons (Fsp3) is 0.286. The molecule has 1 heterocycles. The fourth-order valence-electron chi connectivity index (χ4n) is 1.73. The second-order valence-corrected chi connectivity index (χ2v) is 4.49. The summed E-state index contributed by atoms with van der Waals surface area (Å²) in [6, 6.07) is 9.78. The first-order valence-corrected chi connectivity index (χ1v) is 6.17. The second-order valence-electron chi connectivity index (χ2n) is 4.09. The summed E-state index contributed by atoms with van der Waals surface area (Å²) < 4.78 is 10.5. The number of methoxy groups -OCH3 is 1. The third-order valence-corrected chi connectivity index (χ3v) is 3.09. The highest BCUT2D eigenvalue weighted by Crippen LogP contribution is 2.25. The molecule has 0 aliphatic carbocycles. The minimum Gasteiger partial charge on any atom is -0.495 e. The summed E-state index contributed by atoms with van der Waals surface area (Å²) in [4.78, 5) is 0. The lowest BCUT2D eigenvalue weighted by molar-refractivity contribution is 0.414. The molecule has 0 amide bonds. The van der Waals surface area contributed by atoms with Gasteiger partial charge < -0.3 is 14.5 Å². The van der Waals surface area contributed by atoms with Crippen LogP contribution in [0.3, 0.4) is 0 Å². The minimum absolute atomic E-state index is 0.167. The van der Waals surface area contributed by atoms with Crippen LogP contribution in [-0.2, 0) is 6.54 Å². The lowest BCUT2D eigenvalue weighted by Gasteiger charge is -2.12. The van der Waals surface area contributed by atoms with E-state index in [2.05, 4.69) is 12.2 Å².